The molecule has 2 aliphatic rings. The van der Waals surface area contributed by atoms with E-state index in [0.717, 1.165) is 0 Å². The smallest absolute Gasteiger partial charge is 0.150 e. The zero-order valence-electron chi connectivity index (χ0n) is 12.2. The van der Waals surface area contributed by atoms with Crippen LogP contribution in [-0.2, 0) is 9.78 Å². The summed E-state index contributed by atoms with van der Waals surface area (Å²) in [5, 5.41) is 96.0. The third-order valence-electron chi connectivity index (χ3n) is 4.42. The molecule has 10 N–H and O–H groups in total. The summed E-state index contributed by atoms with van der Waals surface area (Å²) < 4.78 is 0. The maximum atomic E-state index is 9.75. The molecule has 12 heteroatoms. The fraction of sp³-hybridized carbons (Fsp3) is 1.00. The molecule has 0 aliphatic heterocycles. The number of hydrogen-bond donors (Lipinski definition) is 10. The van der Waals surface area contributed by atoms with Crippen LogP contribution < -0.4 is 0 Å². The topological polar surface area (TPSA) is 221 Å². The van der Waals surface area contributed by atoms with E-state index >= 15 is 0 Å². The predicted molar refractivity (Wildman–Crippen MR) is 69.8 cm³/mol. The average Bonchev–Trinajstić information content (AvgIpc) is 2.57. The minimum absolute atomic E-state index is 1.78. The van der Waals surface area contributed by atoms with Crippen molar-refractivity contribution in [3.63, 3.8) is 0 Å². The van der Waals surface area contributed by atoms with Crippen LogP contribution in [0.15, 0.2) is 0 Å². The maximum absolute atomic E-state index is 9.75. The first-order chi connectivity index (χ1) is 11.1. The van der Waals surface area contributed by atoms with Gasteiger partial charge in [-0.05, 0) is 0 Å². The van der Waals surface area contributed by atoms with Gasteiger partial charge in [0.2, 0.25) is 0 Å². The lowest BCUT2D eigenvalue weighted by Crippen LogP contribution is -2.66. The largest absolute Gasteiger partial charge is 0.387 e. The Morgan fingerprint density at radius 3 is 0.667 bits per heavy atom. The second-order valence-electron chi connectivity index (χ2n) is 6.03. The number of aliphatic hydroxyl groups is 10. The summed E-state index contributed by atoms with van der Waals surface area (Å²) in [4.78, 5) is 9.31. The van der Waals surface area contributed by atoms with Crippen LogP contribution in [0.25, 0.3) is 0 Å². The number of rotatable bonds is 3. The molecule has 0 saturated heterocycles. The van der Waals surface area contributed by atoms with E-state index in [4.69, 9.17) is 0 Å². The molecule has 0 aromatic carbocycles. The molecular weight excluding hydrogens is 336 g/mol. The minimum atomic E-state index is -1.89. The molecule has 0 heterocycles. The van der Waals surface area contributed by atoms with Crippen LogP contribution in [0.1, 0.15) is 0 Å². The molecule has 0 aromatic heterocycles. The SMILES string of the molecule is OC1C(O)C(O)C(OOC2C(O)[C@@H](O)C(O)C(O)[C@@H]2O)C(O)C1O. The lowest BCUT2D eigenvalue weighted by Gasteiger charge is -2.43. The van der Waals surface area contributed by atoms with Gasteiger partial charge in [0.1, 0.15) is 73.2 Å². The Balaban J connectivity index is 2.06. The summed E-state index contributed by atoms with van der Waals surface area (Å²) in [6, 6.07) is 0. The van der Waals surface area contributed by atoms with Crippen LogP contribution in [0.3, 0.4) is 0 Å². The summed E-state index contributed by atoms with van der Waals surface area (Å²) in [6.07, 6.45) is -22.3. The van der Waals surface area contributed by atoms with Gasteiger partial charge >= 0.3 is 0 Å². The summed E-state index contributed by atoms with van der Waals surface area (Å²) in [7, 11) is 0. The highest BCUT2D eigenvalue weighted by atomic mass is 17.2. The Morgan fingerprint density at radius 2 is 0.458 bits per heavy atom. The van der Waals surface area contributed by atoms with Crippen LogP contribution in [-0.4, -0.2) is 124 Å². The van der Waals surface area contributed by atoms with Crippen LogP contribution in [0.4, 0.5) is 0 Å². The van der Waals surface area contributed by atoms with Crippen molar-refractivity contribution in [1.82, 2.24) is 0 Å². The molecule has 0 radical (unpaired) electrons. The highest BCUT2D eigenvalue weighted by Crippen LogP contribution is 2.28. The molecule has 0 amide bonds. The second-order valence-corrected chi connectivity index (χ2v) is 6.03. The molecular formula is C12H22O12. The van der Waals surface area contributed by atoms with E-state index in [1.807, 2.05) is 0 Å². The quantitative estimate of drug-likeness (QED) is 0.168. The molecule has 2 aliphatic carbocycles. The molecule has 2 fully saturated rings. The minimum Gasteiger partial charge on any atom is -0.387 e. The normalized spacial score (nSPS) is 56.2. The monoisotopic (exact) mass is 358 g/mol. The van der Waals surface area contributed by atoms with E-state index in [-0.39, 0.29) is 0 Å². The van der Waals surface area contributed by atoms with Crippen molar-refractivity contribution in [3.05, 3.63) is 0 Å². The molecule has 10 atom stereocenters. The number of hydrogen-bond acceptors (Lipinski definition) is 12. The first kappa shape index (κ1) is 19.8. The van der Waals surface area contributed by atoms with Gasteiger partial charge in [-0.2, -0.15) is 0 Å². The first-order valence-corrected chi connectivity index (χ1v) is 7.22. The zero-order chi connectivity index (χ0) is 18.3. The average molecular weight is 358 g/mol. The Kier molecular flexibility index (Phi) is 6.12. The second kappa shape index (κ2) is 7.41. The van der Waals surface area contributed by atoms with Crippen LogP contribution in [0.5, 0.6) is 0 Å². The summed E-state index contributed by atoms with van der Waals surface area (Å²) in [5.74, 6) is 0. The van der Waals surface area contributed by atoms with Gasteiger partial charge in [0.05, 0.1) is 0 Å². The fourth-order valence-corrected chi connectivity index (χ4v) is 2.75. The highest BCUT2D eigenvalue weighted by molar-refractivity contribution is 5.00. The van der Waals surface area contributed by atoms with Crippen molar-refractivity contribution in [1.29, 1.82) is 0 Å². The third-order valence-corrected chi connectivity index (χ3v) is 4.42. The van der Waals surface area contributed by atoms with Gasteiger partial charge in [-0.1, -0.05) is 0 Å². The molecule has 12 nitrogen and oxygen atoms in total. The van der Waals surface area contributed by atoms with Crippen molar-refractivity contribution in [3.8, 4) is 0 Å². The van der Waals surface area contributed by atoms with Crippen molar-refractivity contribution < 1.29 is 60.8 Å². The molecule has 24 heavy (non-hydrogen) atoms. The standard InChI is InChI=1S/C12H22O12/c13-1-3(15)7(19)11(8(20)4(1)16)23-24-12-9(21)5(17)2(14)6(18)10(12)22/h1-22H/t1?,2?,3-,4?,5?,6?,7?,8-,9?,10?,11?,12?/m0/s1. The molecule has 0 spiro atoms. The first-order valence-electron chi connectivity index (χ1n) is 7.22. The van der Waals surface area contributed by atoms with E-state index in [2.05, 4.69) is 9.78 Å². The van der Waals surface area contributed by atoms with Gasteiger partial charge in [-0.3, -0.25) is 0 Å². The van der Waals surface area contributed by atoms with Crippen molar-refractivity contribution >= 4 is 0 Å². The summed E-state index contributed by atoms with van der Waals surface area (Å²) in [6.45, 7) is 0. The number of aliphatic hydroxyl groups excluding tert-OH is 10. The third kappa shape index (κ3) is 3.29. The highest BCUT2D eigenvalue weighted by Gasteiger charge is 2.53. The molecule has 0 bridgehead atoms. The zero-order valence-corrected chi connectivity index (χ0v) is 12.2. The van der Waals surface area contributed by atoms with Gasteiger partial charge in [-0.15, -0.1) is 0 Å². The Hall–Kier alpha value is -0.480. The molecule has 2 saturated carbocycles. The Morgan fingerprint density at radius 1 is 0.292 bits per heavy atom. The van der Waals surface area contributed by atoms with E-state index in [0.29, 0.717) is 0 Å². The van der Waals surface area contributed by atoms with Crippen LogP contribution in [0, 0.1) is 0 Å². The van der Waals surface area contributed by atoms with Gasteiger partial charge in [0.25, 0.3) is 0 Å². The van der Waals surface area contributed by atoms with E-state index < -0.39 is 73.2 Å². The summed E-state index contributed by atoms with van der Waals surface area (Å²) >= 11 is 0. The fourth-order valence-electron chi connectivity index (χ4n) is 2.75. The van der Waals surface area contributed by atoms with Crippen molar-refractivity contribution in [2.45, 2.75) is 73.2 Å². The summed E-state index contributed by atoms with van der Waals surface area (Å²) in [5.41, 5.74) is 0. The molecule has 8 unspecified atom stereocenters. The van der Waals surface area contributed by atoms with Crippen molar-refractivity contribution in [2.75, 3.05) is 0 Å². The Bertz CT molecular complexity index is 353. The molecule has 142 valence electrons. The van der Waals surface area contributed by atoms with E-state index in [1.54, 1.807) is 0 Å². The van der Waals surface area contributed by atoms with Crippen LogP contribution >= 0.6 is 0 Å². The van der Waals surface area contributed by atoms with E-state index in [9.17, 15) is 51.1 Å². The Labute approximate surface area is 135 Å². The van der Waals surface area contributed by atoms with Crippen molar-refractivity contribution in [2.24, 2.45) is 0 Å². The van der Waals surface area contributed by atoms with Crippen LogP contribution in [0.2, 0.25) is 0 Å². The maximum Gasteiger partial charge on any atom is 0.150 e. The van der Waals surface area contributed by atoms with E-state index in [1.165, 1.54) is 0 Å². The molecule has 2 rings (SSSR count). The van der Waals surface area contributed by atoms with Gasteiger partial charge in [-0.25, -0.2) is 9.78 Å². The van der Waals surface area contributed by atoms with Gasteiger partial charge in [0.15, 0.2) is 0 Å². The van der Waals surface area contributed by atoms with Gasteiger partial charge in [0, 0.05) is 0 Å². The molecule has 0 aromatic rings. The predicted octanol–water partition coefficient (Wildman–Crippen LogP) is -6.69. The lowest BCUT2D eigenvalue weighted by atomic mass is 9.84. The lowest BCUT2D eigenvalue weighted by molar-refractivity contribution is -0.422. The van der Waals surface area contributed by atoms with Gasteiger partial charge < -0.3 is 51.1 Å².